The van der Waals surface area contributed by atoms with Crippen LogP contribution in [-0.2, 0) is 88.6 Å². The van der Waals surface area contributed by atoms with Gasteiger partial charge in [-0.2, -0.15) is 13.5 Å². The van der Waals surface area contributed by atoms with E-state index in [-0.39, 0.29) is 100 Å². The maximum Gasteiger partial charge on any atom is 2.00 e. The summed E-state index contributed by atoms with van der Waals surface area (Å²) in [5.74, 6) is 0.854. The van der Waals surface area contributed by atoms with Gasteiger partial charge < -0.3 is 69.5 Å². The average molecular weight is 1890 g/mol. The molecule has 0 fully saturated rings. The van der Waals surface area contributed by atoms with Gasteiger partial charge in [-0.3, -0.25) is 0 Å². The third kappa shape index (κ3) is 136. The first kappa shape index (κ1) is 131. The molecule has 0 aromatic heterocycles. The van der Waals surface area contributed by atoms with E-state index in [4.69, 9.17) is 69.5 Å². The quantitative estimate of drug-likeness (QED) is 0.0145. The molecule has 0 bridgehead atoms. The van der Waals surface area contributed by atoms with Crippen LogP contribution in [0.3, 0.4) is 0 Å². The molecule has 113 heavy (non-hydrogen) atoms. The molecule has 0 rings (SSSR count). The zero-order chi connectivity index (χ0) is 79.4. The Labute approximate surface area is 769 Å². The van der Waals surface area contributed by atoms with Crippen molar-refractivity contribution in [1.82, 2.24) is 0 Å². The molecule has 0 spiro atoms. The number of hydrogen-bond donors (Lipinski definition) is 0. The van der Waals surface area contributed by atoms with Crippen LogP contribution in [0.4, 0.5) is 0 Å². The van der Waals surface area contributed by atoms with Crippen LogP contribution in [0, 0.1) is 0 Å². The fourth-order valence-corrected chi connectivity index (χ4v) is 13.8. The molecule has 0 N–H and O–H groups in total. The minimum atomic E-state index is -0.258. The topological polar surface area (TPSA) is 105 Å². The van der Waals surface area contributed by atoms with Crippen molar-refractivity contribution < 1.29 is 38.1 Å². The van der Waals surface area contributed by atoms with E-state index in [1.807, 2.05) is 24.3 Å². The number of esters is 4. The molecule has 668 valence electrons. The molecule has 0 aromatic carbocycles. The van der Waals surface area contributed by atoms with E-state index in [1.54, 1.807) is 0 Å². The Kier molecular flexibility index (Phi) is 148. The van der Waals surface area contributed by atoms with Gasteiger partial charge >= 0.3 is 71.7 Å². The van der Waals surface area contributed by atoms with Gasteiger partial charge in [0.15, 0.2) is 0 Å². The molecular formula is C98H190O8S5Sn2. The van der Waals surface area contributed by atoms with Crippen LogP contribution in [0.25, 0.3) is 0 Å². The van der Waals surface area contributed by atoms with Gasteiger partial charge in [0.1, 0.15) is 0 Å². The molecule has 0 amide bonds. The largest absolute Gasteiger partial charge is 2.00 e. The zero-order valence-corrected chi connectivity index (χ0v) is 83.6. The van der Waals surface area contributed by atoms with Crippen molar-refractivity contribution in [3.05, 3.63) is 48.6 Å². The Morgan fingerprint density at radius 3 is 0.389 bits per heavy atom. The molecule has 0 heterocycles. The number of ether oxygens (including phenoxy) is 4. The molecule has 0 saturated carbocycles. The van der Waals surface area contributed by atoms with Gasteiger partial charge in [0.2, 0.25) is 0 Å². The van der Waals surface area contributed by atoms with Crippen LogP contribution in [0.5, 0.6) is 0 Å². The molecule has 0 aliphatic rings. The maximum atomic E-state index is 11.2. The van der Waals surface area contributed by atoms with Gasteiger partial charge in [-0.05, 0) is 51.4 Å². The van der Waals surface area contributed by atoms with Crippen LogP contribution < -0.4 is 0 Å². The fraction of sp³-hybridized carbons (Fsp3) is 0.878. The van der Waals surface area contributed by atoms with Crippen LogP contribution in [0.15, 0.2) is 48.6 Å². The fourth-order valence-electron chi connectivity index (χ4n) is 13.4. The summed E-state index contributed by atoms with van der Waals surface area (Å²) in [6.07, 6.45) is 113. The van der Waals surface area contributed by atoms with E-state index in [2.05, 4.69) is 27.7 Å². The molecule has 0 unspecified atom stereocenters. The molecule has 15 heteroatoms. The first-order valence-electron chi connectivity index (χ1n) is 46.9. The maximum absolute atomic E-state index is 11.2. The first-order chi connectivity index (χ1) is 53.2. The van der Waals surface area contributed by atoms with Gasteiger partial charge in [0.05, 0.1) is 26.4 Å². The summed E-state index contributed by atoms with van der Waals surface area (Å²) in [5, 5.41) is 0. The molecular weight excluding hydrogens is 1700 g/mol. The molecule has 4 radical (unpaired) electrons. The Hall–Kier alpha value is 0.187. The van der Waals surface area contributed by atoms with Gasteiger partial charge in [-0.1, -0.05) is 478 Å². The Morgan fingerprint density at radius 1 is 0.195 bits per heavy atom. The first-order valence-corrected chi connectivity index (χ1v) is 49.2. The minimum absolute atomic E-state index is 0. The molecule has 0 aliphatic carbocycles. The van der Waals surface area contributed by atoms with Crippen molar-refractivity contribution in [2.45, 2.75) is 505 Å². The number of carbonyl (C=O) groups excluding carboxylic acids is 4. The SMILES string of the molecule is C.C.CCCCCCCCCCCCCCCCCCC/C=C/C(=O)OCC[S-].CCCCCCCCCCCCCCCCCCC/C=C/C(=O)OCC[S-].CCCCCCCCCCCCCCCCCCC/C=C/C(=O)OCC[S-].CCCCCCCCCCCCCCCCCCC/C=C/C(=O)OCC[S-].S.[Sn+2].[Sn+2]. The van der Waals surface area contributed by atoms with Crippen molar-refractivity contribution in [3.8, 4) is 0 Å². The normalized spacial score (nSPS) is 10.8. The zero-order valence-electron chi connectivity index (χ0n) is 73.6. The van der Waals surface area contributed by atoms with Gasteiger partial charge in [0, 0.05) is 24.3 Å². The van der Waals surface area contributed by atoms with E-state index in [0.29, 0.717) is 49.4 Å². The van der Waals surface area contributed by atoms with Crippen molar-refractivity contribution in [2.24, 2.45) is 0 Å². The summed E-state index contributed by atoms with van der Waals surface area (Å²) < 4.78 is 19.6. The molecule has 8 nitrogen and oxygen atoms in total. The number of allylic oxidation sites excluding steroid dienone is 4. The van der Waals surface area contributed by atoms with Gasteiger partial charge in [-0.25, -0.2) is 19.2 Å². The van der Waals surface area contributed by atoms with Crippen LogP contribution in [-0.4, -0.2) is 121 Å². The Bertz CT molecular complexity index is 1590. The summed E-state index contributed by atoms with van der Waals surface area (Å²) in [5.41, 5.74) is 0. The summed E-state index contributed by atoms with van der Waals surface area (Å²) in [7, 11) is 0. The van der Waals surface area contributed by atoms with Crippen LogP contribution in [0.2, 0.25) is 0 Å². The third-order valence-electron chi connectivity index (χ3n) is 20.2. The molecule has 0 atom stereocenters. The van der Waals surface area contributed by atoms with E-state index in [0.717, 1.165) is 25.7 Å². The van der Waals surface area contributed by atoms with Crippen LogP contribution in [0.1, 0.15) is 505 Å². The standard InChI is InChI=1S/4C24H46O2S.2CH4.H2S.2Sn/c4*1-2-3-4-5-6-7-8-9-10-11-12-13-14-15-16-17-18-19-20-21-24(25)26-22-23-27;;;;;/h4*20-21,27H,2-19,22-23H2,1H3;2*1H4;1H2;;/q;;;;;;;2*+2/p-4/b4*21-20+;;;;;. The Morgan fingerprint density at radius 2 is 0.292 bits per heavy atom. The predicted octanol–water partition coefficient (Wildman–Crippen LogP) is 31.3. The van der Waals surface area contributed by atoms with E-state index < -0.39 is 0 Å². The summed E-state index contributed by atoms with van der Waals surface area (Å²) in [6.45, 7) is 10.5. The molecule has 0 saturated heterocycles. The monoisotopic (exact) mass is 1900 g/mol. The van der Waals surface area contributed by atoms with Gasteiger partial charge in [-0.15, -0.1) is 23.0 Å². The van der Waals surface area contributed by atoms with E-state index in [1.165, 1.54) is 461 Å². The van der Waals surface area contributed by atoms with E-state index in [9.17, 15) is 19.2 Å². The predicted molar refractivity (Wildman–Crippen MR) is 520 cm³/mol. The van der Waals surface area contributed by atoms with Gasteiger partial charge in [0.25, 0.3) is 0 Å². The second-order valence-corrected chi connectivity index (χ2v) is 32.5. The average Bonchev–Trinajstić information content (AvgIpc) is 1.34. The third-order valence-corrected chi connectivity index (χ3v) is 20.9. The molecule has 0 aliphatic heterocycles. The Balaban J connectivity index is -0.000000180. The smallest absolute Gasteiger partial charge is 0.789 e. The van der Waals surface area contributed by atoms with Crippen molar-refractivity contribution in [1.29, 1.82) is 0 Å². The second-order valence-electron chi connectivity index (χ2n) is 30.9. The second kappa shape index (κ2) is 128. The number of hydrogen-bond acceptors (Lipinski definition) is 12. The number of carbonyl (C=O) groups is 4. The minimum Gasteiger partial charge on any atom is -0.789 e. The number of rotatable bonds is 84. The summed E-state index contributed by atoms with van der Waals surface area (Å²) in [4.78, 5) is 44.9. The molecule has 0 aromatic rings. The van der Waals surface area contributed by atoms with Crippen molar-refractivity contribution >= 4 is 136 Å². The van der Waals surface area contributed by atoms with Crippen molar-refractivity contribution in [2.75, 3.05) is 49.4 Å². The van der Waals surface area contributed by atoms with Crippen LogP contribution >= 0.6 is 13.5 Å². The van der Waals surface area contributed by atoms with Crippen molar-refractivity contribution in [3.63, 3.8) is 0 Å². The summed E-state index contributed by atoms with van der Waals surface area (Å²) >= 11 is 18.9. The number of unbranched alkanes of at least 4 members (excludes halogenated alkanes) is 68. The summed E-state index contributed by atoms with van der Waals surface area (Å²) in [6, 6.07) is 0. The van der Waals surface area contributed by atoms with E-state index >= 15 is 0 Å².